The lowest BCUT2D eigenvalue weighted by Crippen LogP contribution is -2.62. The van der Waals surface area contributed by atoms with E-state index in [-0.39, 0.29) is 59.6 Å². The predicted molar refractivity (Wildman–Crippen MR) is 144 cm³/mol. The Morgan fingerprint density at radius 3 is 2.38 bits per heavy atom. The molecule has 222 valence electrons. The second-order valence-corrected chi connectivity index (χ2v) is 14.2. The molecule has 9 heteroatoms. The molecule has 4 aliphatic carbocycles. The summed E-state index contributed by atoms with van der Waals surface area (Å²) in [4.78, 5) is 61.7. The van der Waals surface area contributed by atoms with Crippen molar-refractivity contribution in [3.8, 4) is 0 Å². The highest BCUT2D eigenvalue weighted by Gasteiger charge is 2.69. The fourth-order valence-electron chi connectivity index (χ4n) is 8.41. The molecule has 0 aromatic rings. The molecular formula is C31H44O9. The summed E-state index contributed by atoms with van der Waals surface area (Å²) >= 11 is 0. The lowest BCUT2D eigenvalue weighted by Gasteiger charge is -2.61. The Balaban J connectivity index is 1.63. The van der Waals surface area contributed by atoms with E-state index >= 15 is 0 Å². The average molecular weight is 561 g/mol. The zero-order valence-corrected chi connectivity index (χ0v) is 24.4. The molecule has 40 heavy (non-hydrogen) atoms. The van der Waals surface area contributed by atoms with E-state index in [1.165, 1.54) is 0 Å². The van der Waals surface area contributed by atoms with Gasteiger partial charge >= 0.3 is 17.9 Å². The van der Waals surface area contributed by atoms with Crippen molar-refractivity contribution in [2.75, 3.05) is 6.61 Å². The predicted octanol–water partition coefficient (Wildman–Crippen LogP) is 4.18. The number of carboxylic acids is 1. The van der Waals surface area contributed by atoms with Crippen LogP contribution in [0, 0.1) is 34.0 Å². The van der Waals surface area contributed by atoms with Crippen LogP contribution in [0.4, 0.5) is 0 Å². The average Bonchev–Trinajstić information content (AvgIpc) is 3.11. The normalized spacial score (nSPS) is 37.0. The van der Waals surface area contributed by atoms with Gasteiger partial charge in [-0.05, 0) is 67.3 Å². The fourth-order valence-corrected chi connectivity index (χ4v) is 8.41. The largest absolute Gasteiger partial charge is 0.481 e. The van der Waals surface area contributed by atoms with Crippen molar-refractivity contribution in [1.82, 2.24) is 0 Å². The molecule has 0 spiro atoms. The minimum absolute atomic E-state index is 0.0114. The van der Waals surface area contributed by atoms with Crippen LogP contribution in [0.3, 0.4) is 0 Å². The van der Waals surface area contributed by atoms with Gasteiger partial charge in [0.15, 0.2) is 12.4 Å². The summed E-state index contributed by atoms with van der Waals surface area (Å²) in [5, 5.41) is 20.8. The number of ether oxygens (including phenoxy) is 2. The topological polar surface area (TPSA) is 144 Å². The van der Waals surface area contributed by atoms with Gasteiger partial charge in [-0.1, -0.05) is 40.2 Å². The highest BCUT2D eigenvalue weighted by Crippen LogP contribution is 2.68. The number of rotatable bonds is 8. The van der Waals surface area contributed by atoms with E-state index in [1.807, 2.05) is 27.7 Å². The third-order valence-electron chi connectivity index (χ3n) is 10.4. The zero-order valence-electron chi connectivity index (χ0n) is 24.4. The summed E-state index contributed by atoms with van der Waals surface area (Å²) in [6.45, 7) is 9.35. The lowest BCUT2D eigenvalue weighted by molar-refractivity contribution is -0.198. The van der Waals surface area contributed by atoms with Gasteiger partial charge in [0.1, 0.15) is 11.7 Å². The Kier molecular flexibility index (Phi) is 8.13. The van der Waals surface area contributed by atoms with Crippen LogP contribution in [-0.2, 0) is 33.4 Å². The summed E-state index contributed by atoms with van der Waals surface area (Å²) < 4.78 is 11.3. The quantitative estimate of drug-likeness (QED) is 0.418. The van der Waals surface area contributed by atoms with Crippen molar-refractivity contribution < 1.29 is 43.7 Å². The monoisotopic (exact) mass is 560 g/mol. The van der Waals surface area contributed by atoms with Gasteiger partial charge in [0.2, 0.25) is 5.78 Å². The summed E-state index contributed by atoms with van der Waals surface area (Å²) in [6.07, 6.45) is 4.51. The molecule has 9 nitrogen and oxygen atoms in total. The first kappa shape index (κ1) is 30.4. The number of aliphatic carboxylic acids is 1. The molecule has 3 fully saturated rings. The van der Waals surface area contributed by atoms with E-state index in [0.29, 0.717) is 25.7 Å². The lowest BCUT2D eigenvalue weighted by atomic mass is 9.45. The Hall–Kier alpha value is -2.55. The van der Waals surface area contributed by atoms with Gasteiger partial charge in [-0.3, -0.25) is 24.0 Å². The molecule has 0 heterocycles. The van der Waals surface area contributed by atoms with Crippen LogP contribution >= 0.6 is 0 Å². The zero-order chi connectivity index (χ0) is 29.7. The van der Waals surface area contributed by atoms with Crippen LogP contribution in [0.5, 0.6) is 0 Å². The van der Waals surface area contributed by atoms with E-state index < -0.39 is 47.9 Å². The van der Waals surface area contributed by atoms with E-state index in [1.54, 1.807) is 6.08 Å². The van der Waals surface area contributed by atoms with Gasteiger partial charge in [0, 0.05) is 17.8 Å². The maximum Gasteiger partial charge on any atom is 0.306 e. The number of ketones is 2. The number of carboxylic acid groups (broad SMARTS) is 1. The van der Waals surface area contributed by atoms with Crippen LogP contribution in [0.15, 0.2) is 11.6 Å². The highest BCUT2D eigenvalue weighted by atomic mass is 16.5. The molecule has 4 aliphatic rings. The fraction of sp³-hybridized carbons (Fsp3) is 0.774. The van der Waals surface area contributed by atoms with Gasteiger partial charge in [-0.25, -0.2) is 0 Å². The van der Waals surface area contributed by atoms with Gasteiger partial charge in [0.25, 0.3) is 0 Å². The van der Waals surface area contributed by atoms with Gasteiger partial charge in [0.05, 0.1) is 19.3 Å². The number of carbonyl (C=O) groups is 5. The number of fused-ring (bicyclic) bond motifs is 5. The third-order valence-corrected chi connectivity index (χ3v) is 10.4. The van der Waals surface area contributed by atoms with Gasteiger partial charge < -0.3 is 19.7 Å². The Morgan fingerprint density at radius 1 is 1.02 bits per heavy atom. The van der Waals surface area contributed by atoms with Crippen LogP contribution < -0.4 is 0 Å². The molecule has 0 radical (unpaired) electrons. The van der Waals surface area contributed by atoms with Crippen LogP contribution in [0.25, 0.3) is 0 Å². The molecule has 4 rings (SSSR count). The van der Waals surface area contributed by atoms with Crippen molar-refractivity contribution in [3.05, 3.63) is 11.6 Å². The van der Waals surface area contributed by atoms with Gasteiger partial charge in [-0.2, -0.15) is 0 Å². The summed E-state index contributed by atoms with van der Waals surface area (Å²) in [5.74, 6) is -2.69. The van der Waals surface area contributed by atoms with E-state index in [9.17, 15) is 29.1 Å². The molecular weight excluding hydrogens is 516 g/mol. The van der Waals surface area contributed by atoms with Crippen molar-refractivity contribution >= 4 is 29.5 Å². The molecule has 0 amide bonds. The SMILES string of the molecule is CC(C)(C)CC(=O)OC1C[C@@]2(C)[C@@H](CC[C@]2(O)C(=O)COC(=O)CCC(=O)O)[C@@H]2CCC3=CC(=O)CC[C@]3(C)[C@@H]12. The van der Waals surface area contributed by atoms with Crippen molar-refractivity contribution in [1.29, 1.82) is 0 Å². The number of aliphatic hydroxyl groups is 1. The Morgan fingerprint density at radius 2 is 1.73 bits per heavy atom. The minimum atomic E-state index is -1.77. The first-order valence-electron chi connectivity index (χ1n) is 14.6. The van der Waals surface area contributed by atoms with Crippen LogP contribution in [-0.4, -0.2) is 58.0 Å². The number of esters is 2. The maximum atomic E-state index is 13.5. The molecule has 0 aliphatic heterocycles. The van der Waals surface area contributed by atoms with Crippen LogP contribution in [0.1, 0.15) is 98.8 Å². The molecule has 0 aromatic heterocycles. The number of allylic oxidation sites excluding steroid dienone is 1. The highest BCUT2D eigenvalue weighted by molar-refractivity contribution is 5.92. The molecule has 3 saturated carbocycles. The number of Topliss-reactive ketones (excluding diaryl/α,β-unsaturated/α-hetero) is 1. The molecule has 0 bridgehead atoms. The van der Waals surface area contributed by atoms with E-state index in [4.69, 9.17) is 14.6 Å². The van der Waals surface area contributed by atoms with E-state index in [2.05, 4.69) is 6.92 Å². The second kappa shape index (κ2) is 10.7. The van der Waals surface area contributed by atoms with Crippen LogP contribution in [0.2, 0.25) is 0 Å². The van der Waals surface area contributed by atoms with Crippen molar-refractivity contribution in [3.63, 3.8) is 0 Å². The smallest absolute Gasteiger partial charge is 0.306 e. The minimum Gasteiger partial charge on any atom is -0.481 e. The first-order valence-corrected chi connectivity index (χ1v) is 14.6. The molecule has 0 saturated heterocycles. The number of hydrogen-bond acceptors (Lipinski definition) is 8. The van der Waals surface area contributed by atoms with Crippen molar-refractivity contribution in [2.24, 2.45) is 34.0 Å². The molecule has 7 atom stereocenters. The molecule has 2 N–H and O–H groups in total. The summed E-state index contributed by atoms with van der Waals surface area (Å²) in [7, 11) is 0. The molecule has 1 unspecified atom stereocenters. The summed E-state index contributed by atoms with van der Waals surface area (Å²) in [5.41, 5.74) is -2.15. The maximum absolute atomic E-state index is 13.5. The van der Waals surface area contributed by atoms with Crippen molar-refractivity contribution in [2.45, 2.75) is 111 Å². The Bertz CT molecular complexity index is 1120. The standard InChI is InChI=1S/C31H44O9/c1-28(2,3)16-26(37)40-22-15-30(5)21(20-7-6-18-14-19(32)10-12-29(18,4)27(20)22)11-13-31(30,38)23(33)17-39-25(36)9-8-24(34)35/h14,20-22,27,38H,6-13,15-17H2,1-5H3,(H,34,35)/t20-,21-,22?,27+,29-,30-,31-/m0/s1. The summed E-state index contributed by atoms with van der Waals surface area (Å²) in [6, 6.07) is 0. The first-order chi connectivity index (χ1) is 18.5. The molecule has 0 aromatic carbocycles. The third kappa shape index (κ3) is 5.50. The van der Waals surface area contributed by atoms with Gasteiger partial charge in [-0.15, -0.1) is 0 Å². The number of carbonyl (C=O) groups excluding carboxylic acids is 4. The number of hydrogen-bond donors (Lipinski definition) is 2. The van der Waals surface area contributed by atoms with E-state index in [0.717, 1.165) is 18.4 Å². The Labute approximate surface area is 236 Å². The second-order valence-electron chi connectivity index (χ2n) is 14.2.